The normalized spacial score (nSPS) is 10.7. The molecule has 170 valence electrons. The van der Waals surface area contributed by atoms with E-state index in [1.165, 1.54) is 13.3 Å². The highest BCUT2D eigenvalue weighted by molar-refractivity contribution is 6.39. The van der Waals surface area contributed by atoms with Gasteiger partial charge in [0.1, 0.15) is 6.61 Å². The first-order valence-electron chi connectivity index (χ1n) is 10.1. The molecule has 0 aromatic heterocycles. The third kappa shape index (κ3) is 6.82. The van der Waals surface area contributed by atoms with Crippen molar-refractivity contribution in [3.63, 3.8) is 0 Å². The van der Waals surface area contributed by atoms with Gasteiger partial charge in [0.25, 0.3) is 0 Å². The second-order valence-corrected chi connectivity index (χ2v) is 7.71. The number of ether oxygens (including phenoxy) is 2. The molecule has 0 radical (unpaired) electrons. The summed E-state index contributed by atoms with van der Waals surface area (Å²) in [4.78, 5) is 24.1. The number of hydrogen-bond acceptors (Lipinski definition) is 5. The molecular formula is C25H24ClN3O4. The summed E-state index contributed by atoms with van der Waals surface area (Å²) in [6.07, 6.45) is 1.41. The van der Waals surface area contributed by atoms with E-state index >= 15 is 0 Å². The fourth-order valence-electron chi connectivity index (χ4n) is 2.85. The van der Waals surface area contributed by atoms with E-state index in [0.717, 1.165) is 16.7 Å². The molecule has 2 N–H and O–H groups in total. The Kier molecular flexibility index (Phi) is 8.05. The van der Waals surface area contributed by atoms with Crippen LogP contribution < -0.4 is 20.2 Å². The van der Waals surface area contributed by atoms with Crippen LogP contribution in [-0.4, -0.2) is 25.1 Å². The van der Waals surface area contributed by atoms with E-state index < -0.39 is 11.8 Å². The summed E-state index contributed by atoms with van der Waals surface area (Å²) in [5.41, 5.74) is 6.49. The van der Waals surface area contributed by atoms with Gasteiger partial charge in [-0.05, 0) is 78.6 Å². The molecule has 2 amide bonds. The zero-order valence-electron chi connectivity index (χ0n) is 18.5. The standard InChI is InChI=1S/C25H24ClN3O4/c1-16-4-10-21(12-17(16)2)28-24(30)25(31)29-27-14-19-7-11-22(23(13-19)32-3)33-15-18-5-8-20(26)9-6-18/h4-14H,15H2,1-3H3,(H,28,30)(H,29,31)/b27-14-. The van der Waals surface area contributed by atoms with Crippen molar-refractivity contribution in [3.05, 3.63) is 87.9 Å². The highest BCUT2D eigenvalue weighted by Crippen LogP contribution is 2.28. The van der Waals surface area contributed by atoms with E-state index in [0.29, 0.717) is 34.4 Å². The smallest absolute Gasteiger partial charge is 0.329 e. The van der Waals surface area contributed by atoms with Gasteiger partial charge in [-0.25, -0.2) is 5.43 Å². The number of hydrazone groups is 1. The molecule has 0 atom stereocenters. The molecule has 0 saturated carbocycles. The Balaban J connectivity index is 1.56. The number of halogens is 1. The number of anilines is 1. The predicted octanol–water partition coefficient (Wildman–Crippen LogP) is 4.63. The molecule has 0 unspecified atom stereocenters. The number of aryl methyl sites for hydroxylation is 2. The van der Waals surface area contributed by atoms with Gasteiger partial charge in [-0.2, -0.15) is 5.10 Å². The summed E-state index contributed by atoms with van der Waals surface area (Å²) >= 11 is 5.90. The monoisotopic (exact) mass is 465 g/mol. The van der Waals surface area contributed by atoms with Gasteiger partial charge in [-0.1, -0.05) is 29.8 Å². The summed E-state index contributed by atoms with van der Waals surface area (Å²) in [6.45, 7) is 4.25. The molecule has 0 aliphatic heterocycles. The third-order valence-corrected chi connectivity index (χ3v) is 5.10. The number of carbonyl (C=O) groups excluding carboxylic acids is 2. The minimum atomic E-state index is -0.876. The van der Waals surface area contributed by atoms with Crippen LogP contribution in [0.5, 0.6) is 11.5 Å². The Morgan fingerprint density at radius 3 is 2.39 bits per heavy atom. The Bertz CT molecular complexity index is 1180. The second kappa shape index (κ2) is 11.2. The fourth-order valence-corrected chi connectivity index (χ4v) is 2.97. The van der Waals surface area contributed by atoms with Gasteiger partial charge in [0.05, 0.1) is 13.3 Å². The maximum Gasteiger partial charge on any atom is 0.329 e. The molecule has 0 aliphatic carbocycles. The summed E-state index contributed by atoms with van der Waals surface area (Å²) in [7, 11) is 1.53. The number of methoxy groups -OCH3 is 1. The van der Waals surface area contributed by atoms with Crippen LogP contribution in [0.25, 0.3) is 0 Å². The number of amides is 2. The number of nitrogens with zero attached hydrogens (tertiary/aromatic N) is 1. The molecule has 3 aromatic carbocycles. The molecule has 0 heterocycles. The molecular weight excluding hydrogens is 442 g/mol. The van der Waals surface area contributed by atoms with E-state index in [1.54, 1.807) is 42.5 Å². The van der Waals surface area contributed by atoms with Crippen LogP contribution >= 0.6 is 11.6 Å². The van der Waals surface area contributed by atoms with E-state index in [2.05, 4.69) is 15.8 Å². The molecule has 8 heteroatoms. The summed E-state index contributed by atoms with van der Waals surface area (Å²) in [6, 6.07) is 18.0. The van der Waals surface area contributed by atoms with Crippen LogP contribution in [0.1, 0.15) is 22.3 Å². The summed E-state index contributed by atoms with van der Waals surface area (Å²) < 4.78 is 11.2. The minimum absolute atomic E-state index is 0.354. The van der Waals surface area contributed by atoms with E-state index in [1.807, 2.05) is 32.0 Å². The lowest BCUT2D eigenvalue weighted by atomic mass is 10.1. The molecule has 0 spiro atoms. The summed E-state index contributed by atoms with van der Waals surface area (Å²) in [5.74, 6) is -0.619. The predicted molar refractivity (Wildman–Crippen MR) is 129 cm³/mol. The second-order valence-electron chi connectivity index (χ2n) is 7.28. The Labute approximate surface area is 197 Å². The first-order valence-corrected chi connectivity index (χ1v) is 10.5. The average Bonchev–Trinajstić information content (AvgIpc) is 2.81. The van der Waals surface area contributed by atoms with Crippen molar-refractivity contribution in [3.8, 4) is 11.5 Å². The highest BCUT2D eigenvalue weighted by atomic mass is 35.5. The Morgan fingerprint density at radius 1 is 0.939 bits per heavy atom. The minimum Gasteiger partial charge on any atom is -0.493 e. The van der Waals surface area contributed by atoms with Gasteiger partial charge in [0.2, 0.25) is 0 Å². The van der Waals surface area contributed by atoms with Crippen molar-refractivity contribution in [2.24, 2.45) is 5.10 Å². The Hall–Kier alpha value is -3.84. The maximum atomic E-state index is 12.1. The fraction of sp³-hybridized carbons (Fsp3) is 0.160. The molecule has 0 saturated heterocycles. The van der Waals surface area contributed by atoms with Crippen molar-refractivity contribution in [1.29, 1.82) is 0 Å². The topological polar surface area (TPSA) is 89.0 Å². The Morgan fingerprint density at radius 2 is 1.70 bits per heavy atom. The van der Waals surface area contributed by atoms with Crippen molar-refractivity contribution >= 4 is 35.3 Å². The van der Waals surface area contributed by atoms with Gasteiger partial charge >= 0.3 is 11.8 Å². The molecule has 3 aromatic rings. The van der Waals surface area contributed by atoms with E-state index in [9.17, 15) is 9.59 Å². The number of carbonyl (C=O) groups is 2. The number of rotatable bonds is 7. The van der Waals surface area contributed by atoms with Crippen LogP contribution in [-0.2, 0) is 16.2 Å². The third-order valence-electron chi connectivity index (χ3n) is 4.85. The molecule has 33 heavy (non-hydrogen) atoms. The zero-order valence-corrected chi connectivity index (χ0v) is 19.3. The van der Waals surface area contributed by atoms with E-state index in [4.69, 9.17) is 21.1 Å². The van der Waals surface area contributed by atoms with Gasteiger partial charge in [-0.15, -0.1) is 0 Å². The molecule has 0 aliphatic rings. The molecule has 3 rings (SSSR count). The van der Waals surface area contributed by atoms with Gasteiger partial charge in [0.15, 0.2) is 11.5 Å². The van der Waals surface area contributed by atoms with Crippen LogP contribution in [0.15, 0.2) is 65.8 Å². The van der Waals surface area contributed by atoms with Crippen molar-refractivity contribution in [1.82, 2.24) is 5.43 Å². The first kappa shape index (κ1) is 23.8. The number of nitrogens with one attached hydrogen (secondary N) is 2. The van der Waals surface area contributed by atoms with Crippen molar-refractivity contribution in [2.45, 2.75) is 20.5 Å². The van der Waals surface area contributed by atoms with Gasteiger partial charge in [0, 0.05) is 10.7 Å². The molecule has 7 nitrogen and oxygen atoms in total. The highest BCUT2D eigenvalue weighted by Gasteiger charge is 2.13. The lowest BCUT2D eigenvalue weighted by molar-refractivity contribution is -0.136. The van der Waals surface area contributed by atoms with Crippen LogP contribution in [0.4, 0.5) is 5.69 Å². The van der Waals surface area contributed by atoms with Crippen LogP contribution in [0.3, 0.4) is 0 Å². The quantitative estimate of drug-likeness (QED) is 0.302. The largest absolute Gasteiger partial charge is 0.493 e. The van der Waals surface area contributed by atoms with Gasteiger partial charge < -0.3 is 14.8 Å². The van der Waals surface area contributed by atoms with Crippen LogP contribution in [0, 0.1) is 13.8 Å². The molecule has 0 fully saturated rings. The molecule has 0 bridgehead atoms. The van der Waals surface area contributed by atoms with E-state index in [-0.39, 0.29) is 0 Å². The SMILES string of the molecule is COc1cc(/C=N\NC(=O)C(=O)Nc2ccc(C)c(C)c2)ccc1OCc1ccc(Cl)cc1. The number of benzene rings is 3. The van der Waals surface area contributed by atoms with Crippen molar-refractivity contribution < 1.29 is 19.1 Å². The van der Waals surface area contributed by atoms with Gasteiger partial charge in [-0.3, -0.25) is 9.59 Å². The lowest BCUT2D eigenvalue weighted by Gasteiger charge is -2.11. The number of hydrogen-bond donors (Lipinski definition) is 2. The van der Waals surface area contributed by atoms with Crippen LogP contribution in [0.2, 0.25) is 5.02 Å². The summed E-state index contributed by atoms with van der Waals surface area (Å²) in [5, 5.41) is 7.06. The average molecular weight is 466 g/mol. The zero-order chi connectivity index (χ0) is 23.8. The first-order chi connectivity index (χ1) is 15.9. The lowest BCUT2D eigenvalue weighted by Crippen LogP contribution is -2.32. The maximum absolute atomic E-state index is 12.1. The van der Waals surface area contributed by atoms with Crippen molar-refractivity contribution in [2.75, 3.05) is 12.4 Å².